The van der Waals surface area contributed by atoms with E-state index in [1.807, 2.05) is 49.4 Å². The molecule has 0 aliphatic carbocycles. The van der Waals surface area contributed by atoms with Gasteiger partial charge in [-0.3, -0.25) is 0 Å². The summed E-state index contributed by atoms with van der Waals surface area (Å²) in [5, 5.41) is 5.45. The molecule has 25 heavy (non-hydrogen) atoms. The van der Waals surface area contributed by atoms with Gasteiger partial charge in [0.15, 0.2) is 0 Å². The lowest BCUT2D eigenvalue weighted by molar-refractivity contribution is 0.897. The van der Waals surface area contributed by atoms with E-state index in [0.717, 1.165) is 33.4 Å². The van der Waals surface area contributed by atoms with Gasteiger partial charge in [0.05, 0.1) is 29.3 Å². The topological polar surface area (TPSA) is 69.1 Å². The van der Waals surface area contributed by atoms with E-state index in [4.69, 9.17) is 10.7 Å². The summed E-state index contributed by atoms with van der Waals surface area (Å²) in [6, 6.07) is 20.4. The van der Waals surface area contributed by atoms with Crippen LogP contribution < -0.4 is 5.73 Å². The Morgan fingerprint density at radius 2 is 1.80 bits per heavy atom. The summed E-state index contributed by atoms with van der Waals surface area (Å²) in [4.78, 5) is 8.91. The molecule has 2 aromatic carbocycles. The molecule has 0 bridgehead atoms. The number of pyridine rings is 1. The van der Waals surface area contributed by atoms with Crippen LogP contribution in [-0.2, 0) is 0 Å². The highest BCUT2D eigenvalue weighted by atomic mass is 15.4. The molecule has 122 valence electrons. The second kappa shape index (κ2) is 6.20. The fraction of sp³-hybridized carbons (Fsp3) is 0.0500. The number of aromatic nitrogens is 3. The molecule has 4 rings (SSSR count). The molecule has 0 aliphatic rings. The summed E-state index contributed by atoms with van der Waals surface area (Å²) in [5.41, 5.74) is 10.6. The Morgan fingerprint density at radius 1 is 1.00 bits per heavy atom. The number of hydrogen-bond donors (Lipinski definition) is 1. The quantitative estimate of drug-likeness (QED) is 0.581. The Bertz CT molecular complexity index is 1060. The van der Waals surface area contributed by atoms with Gasteiger partial charge in [-0.15, -0.1) is 0 Å². The van der Waals surface area contributed by atoms with Crippen LogP contribution in [0.4, 0.5) is 5.95 Å². The van der Waals surface area contributed by atoms with E-state index in [2.05, 4.69) is 28.3 Å². The largest absolute Gasteiger partial charge is 0.368 e. The number of imidazole rings is 1. The van der Waals surface area contributed by atoms with Gasteiger partial charge in [0, 0.05) is 10.9 Å². The van der Waals surface area contributed by atoms with Crippen molar-refractivity contribution in [3.8, 4) is 11.3 Å². The van der Waals surface area contributed by atoms with Crippen molar-refractivity contribution in [3.63, 3.8) is 0 Å². The number of nitrogens with zero attached hydrogens (tertiary/aromatic N) is 4. The van der Waals surface area contributed by atoms with Gasteiger partial charge in [0.25, 0.3) is 0 Å². The number of nitrogens with two attached hydrogens (primary N) is 1. The van der Waals surface area contributed by atoms with E-state index >= 15 is 0 Å². The summed E-state index contributed by atoms with van der Waals surface area (Å²) in [6.07, 6.45) is 3.55. The van der Waals surface area contributed by atoms with Crippen molar-refractivity contribution in [3.05, 3.63) is 78.1 Å². The molecule has 0 amide bonds. The number of anilines is 1. The molecule has 2 aromatic heterocycles. The fourth-order valence-electron chi connectivity index (χ4n) is 2.71. The highest BCUT2D eigenvalue weighted by molar-refractivity contribution is 5.89. The third-order valence-corrected chi connectivity index (χ3v) is 3.95. The molecule has 4 aromatic rings. The van der Waals surface area contributed by atoms with E-state index < -0.39 is 0 Å². The molecule has 2 N–H and O–H groups in total. The van der Waals surface area contributed by atoms with Crippen LogP contribution in [0.2, 0.25) is 0 Å². The van der Waals surface area contributed by atoms with Crippen molar-refractivity contribution in [1.29, 1.82) is 0 Å². The minimum atomic E-state index is 0.374. The Labute approximate surface area is 145 Å². The fourth-order valence-corrected chi connectivity index (χ4v) is 2.71. The predicted molar refractivity (Wildman–Crippen MR) is 102 cm³/mol. The maximum Gasteiger partial charge on any atom is 0.221 e. The van der Waals surface area contributed by atoms with Crippen molar-refractivity contribution >= 4 is 23.1 Å². The molecule has 0 spiro atoms. The molecule has 0 unspecified atom stereocenters. The summed E-state index contributed by atoms with van der Waals surface area (Å²) in [6.45, 7) is 1.88. The third kappa shape index (κ3) is 3.12. The van der Waals surface area contributed by atoms with Crippen LogP contribution in [-0.4, -0.2) is 20.9 Å². The average Bonchev–Trinajstić information content (AvgIpc) is 2.97. The zero-order valence-corrected chi connectivity index (χ0v) is 13.8. The normalized spacial score (nSPS) is 11.4. The lowest BCUT2D eigenvalue weighted by atomic mass is 10.1. The number of benzene rings is 2. The molecule has 5 heteroatoms. The van der Waals surface area contributed by atoms with Gasteiger partial charge in [-0.1, -0.05) is 48.5 Å². The minimum Gasteiger partial charge on any atom is -0.368 e. The highest BCUT2D eigenvalue weighted by Gasteiger charge is 2.02. The van der Waals surface area contributed by atoms with E-state index in [1.54, 1.807) is 17.1 Å². The number of hydrogen-bond acceptors (Lipinski definition) is 4. The first-order valence-corrected chi connectivity index (χ1v) is 8.01. The zero-order valence-electron chi connectivity index (χ0n) is 13.8. The van der Waals surface area contributed by atoms with Crippen LogP contribution >= 0.6 is 0 Å². The summed E-state index contributed by atoms with van der Waals surface area (Å²) in [5.74, 6) is 0.374. The summed E-state index contributed by atoms with van der Waals surface area (Å²) < 4.78 is 1.56. The summed E-state index contributed by atoms with van der Waals surface area (Å²) >= 11 is 0. The first kappa shape index (κ1) is 15.1. The SMILES string of the molecule is Cc1cn(N=Cc2ccc3ccc(-c4ccccc4)nc3c2)c(N)n1. The van der Waals surface area contributed by atoms with Gasteiger partial charge in [0.1, 0.15) is 0 Å². The van der Waals surface area contributed by atoms with E-state index in [9.17, 15) is 0 Å². The molecule has 0 aliphatic heterocycles. The first-order chi connectivity index (χ1) is 12.2. The number of nitrogen functional groups attached to an aromatic ring is 1. The second-order valence-corrected chi connectivity index (χ2v) is 5.84. The molecule has 2 heterocycles. The predicted octanol–water partition coefficient (Wildman–Crippen LogP) is 3.87. The van der Waals surface area contributed by atoms with Gasteiger partial charge in [-0.05, 0) is 24.6 Å². The van der Waals surface area contributed by atoms with E-state index in [-0.39, 0.29) is 0 Å². The highest BCUT2D eigenvalue weighted by Crippen LogP contribution is 2.21. The van der Waals surface area contributed by atoms with Crippen LogP contribution in [0.1, 0.15) is 11.3 Å². The van der Waals surface area contributed by atoms with Crippen molar-refractivity contribution < 1.29 is 0 Å². The van der Waals surface area contributed by atoms with Crippen LogP contribution in [0.5, 0.6) is 0 Å². The molecular weight excluding hydrogens is 310 g/mol. The number of aryl methyl sites for hydroxylation is 1. The Morgan fingerprint density at radius 3 is 2.56 bits per heavy atom. The Kier molecular flexibility index (Phi) is 3.74. The Balaban J connectivity index is 1.70. The average molecular weight is 327 g/mol. The van der Waals surface area contributed by atoms with Crippen LogP contribution in [0.15, 0.2) is 72.0 Å². The lowest BCUT2D eigenvalue weighted by Gasteiger charge is -2.04. The zero-order chi connectivity index (χ0) is 17.2. The van der Waals surface area contributed by atoms with Gasteiger partial charge in [0.2, 0.25) is 5.95 Å². The van der Waals surface area contributed by atoms with Crippen molar-refractivity contribution in [1.82, 2.24) is 14.6 Å². The lowest BCUT2D eigenvalue weighted by Crippen LogP contribution is -1.97. The van der Waals surface area contributed by atoms with Gasteiger partial charge in [-0.2, -0.15) is 5.10 Å². The summed E-state index contributed by atoms with van der Waals surface area (Å²) in [7, 11) is 0. The molecule has 0 saturated heterocycles. The second-order valence-electron chi connectivity index (χ2n) is 5.84. The third-order valence-electron chi connectivity index (χ3n) is 3.95. The molecule has 0 atom stereocenters. The maximum absolute atomic E-state index is 5.81. The van der Waals surface area contributed by atoms with Crippen molar-refractivity contribution in [2.24, 2.45) is 5.10 Å². The smallest absolute Gasteiger partial charge is 0.221 e. The van der Waals surface area contributed by atoms with Gasteiger partial charge in [-0.25, -0.2) is 14.6 Å². The Hall–Kier alpha value is -3.47. The van der Waals surface area contributed by atoms with Crippen LogP contribution in [0, 0.1) is 6.92 Å². The molecular formula is C20H17N5. The van der Waals surface area contributed by atoms with Gasteiger partial charge >= 0.3 is 0 Å². The van der Waals surface area contributed by atoms with Crippen molar-refractivity contribution in [2.75, 3.05) is 5.73 Å². The number of fused-ring (bicyclic) bond motifs is 1. The molecule has 0 radical (unpaired) electrons. The van der Waals surface area contributed by atoms with Gasteiger partial charge < -0.3 is 5.73 Å². The maximum atomic E-state index is 5.81. The monoisotopic (exact) mass is 327 g/mol. The van der Waals surface area contributed by atoms with Crippen LogP contribution in [0.25, 0.3) is 22.2 Å². The molecule has 0 saturated carbocycles. The minimum absolute atomic E-state index is 0.374. The molecule has 0 fully saturated rings. The number of rotatable bonds is 3. The van der Waals surface area contributed by atoms with Crippen LogP contribution in [0.3, 0.4) is 0 Å². The van der Waals surface area contributed by atoms with E-state index in [1.165, 1.54) is 0 Å². The van der Waals surface area contributed by atoms with E-state index in [0.29, 0.717) is 5.95 Å². The van der Waals surface area contributed by atoms with Crippen molar-refractivity contribution in [2.45, 2.75) is 6.92 Å². The molecule has 5 nitrogen and oxygen atoms in total. The standard InChI is InChI=1S/C20H17N5/c1-14-13-25(20(21)23-14)22-12-15-7-8-17-9-10-18(24-19(17)11-15)16-5-3-2-4-6-16/h2-13H,1H3,(H2,21,23). The first-order valence-electron chi connectivity index (χ1n) is 8.01.